The molecule has 0 fully saturated rings. The fraction of sp³-hybridized carbons (Fsp3) is 0.226. The summed E-state index contributed by atoms with van der Waals surface area (Å²) in [5, 5.41) is 13.6. The van der Waals surface area contributed by atoms with Gasteiger partial charge in [0.1, 0.15) is 24.1 Å². The largest absolute Gasteiger partial charge is 0.494 e. The predicted octanol–water partition coefficient (Wildman–Crippen LogP) is 6.11. The summed E-state index contributed by atoms with van der Waals surface area (Å²) in [4.78, 5) is 22.6. The van der Waals surface area contributed by atoms with Crippen LogP contribution in [0.3, 0.4) is 0 Å². The maximum atomic E-state index is 13.1. The van der Waals surface area contributed by atoms with Crippen molar-refractivity contribution in [1.29, 1.82) is 5.26 Å². The minimum atomic E-state index is -2.33. The highest BCUT2D eigenvalue weighted by molar-refractivity contribution is 6.32. The molecule has 0 bridgehead atoms. The molecule has 0 saturated carbocycles. The van der Waals surface area contributed by atoms with E-state index in [1.807, 2.05) is 0 Å². The molecule has 9 heteroatoms. The van der Waals surface area contributed by atoms with Crippen LogP contribution >= 0.6 is 11.6 Å². The Labute approximate surface area is 247 Å². The van der Waals surface area contributed by atoms with E-state index in [0.29, 0.717) is 33.6 Å². The minimum absolute atomic E-state index is 0.0665. The second kappa shape index (κ2) is 13.6. The highest BCUT2D eigenvalue weighted by Crippen LogP contribution is 2.36. The van der Waals surface area contributed by atoms with Gasteiger partial charge in [0, 0.05) is 50.8 Å². The molecule has 0 aliphatic rings. The van der Waals surface area contributed by atoms with Gasteiger partial charge in [-0.15, -0.1) is 0 Å². The van der Waals surface area contributed by atoms with Crippen molar-refractivity contribution in [1.82, 2.24) is 14.9 Å². The van der Waals surface area contributed by atoms with Crippen LogP contribution in [-0.2, 0) is 17.8 Å². The van der Waals surface area contributed by atoms with E-state index in [-0.39, 0.29) is 35.1 Å². The van der Waals surface area contributed by atoms with Gasteiger partial charge >= 0.3 is 0 Å². The molecule has 2 heterocycles. The number of nitrogens with one attached hydrogen (secondary N) is 1. The Hall–Kier alpha value is -4.45. The molecule has 4 rings (SSSR count). The van der Waals surface area contributed by atoms with Crippen molar-refractivity contribution in [3.63, 3.8) is 0 Å². The zero-order valence-corrected chi connectivity index (χ0v) is 22.8. The Morgan fingerprint density at radius 2 is 2.05 bits per heavy atom. The van der Waals surface area contributed by atoms with E-state index < -0.39 is 30.9 Å². The second-order valence-corrected chi connectivity index (χ2v) is 9.02. The number of hydrogen-bond donors (Lipinski definition) is 1. The van der Waals surface area contributed by atoms with Gasteiger partial charge in [0.2, 0.25) is 0 Å². The van der Waals surface area contributed by atoms with Crippen LogP contribution in [0.5, 0.6) is 11.5 Å². The van der Waals surface area contributed by atoms with Gasteiger partial charge in [-0.2, -0.15) is 5.26 Å². The summed E-state index contributed by atoms with van der Waals surface area (Å²) in [7, 11) is 2.82. The van der Waals surface area contributed by atoms with Gasteiger partial charge in [0.15, 0.2) is 5.78 Å². The first-order valence-corrected chi connectivity index (χ1v) is 12.6. The van der Waals surface area contributed by atoms with Gasteiger partial charge in [-0.05, 0) is 63.5 Å². The van der Waals surface area contributed by atoms with E-state index in [1.165, 1.54) is 44.7 Å². The van der Waals surface area contributed by atoms with Gasteiger partial charge in [-0.3, -0.25) is 14.8 Å². The Balaban J connectivity index is 1.72. The van der Waals surface area contributed by atoms with E-state index in [9.17, 15) is 10.1 Å². The van der Waals surface area contributed by atoms with Crippen LogP contribution in [0.25, 0.3) is 10.9 Å². The number of hydrogen-bond acceptors (Lipinski definition) is 8. The monoisotopic (exact) mass is 561 g/mol. The minimum Gasteiger partial charge on any atom is -0.494 e. The van der Waals surface area contributed by atoms with Crippen molar-refractivity contribution in [2.75, 3.05) is 32.5 Å². The van der Waals surface area contributed by atoms with Crippen LogP contribution in [-0.4, -0.2) is 47.9 Å². The first-order valence-electron chi connectivity index (χ1n) is 15.2. The lowest BCUT2D eigenvalue weighted by Gasteiger charge is -2.16. The molecule has 204 valence electrons. The van der Waals surface area contributed by atoms with Gasteiger partial charge < -0.3 is 19.7 Å². The summed E-state index contributed by atoms with van der Waals surface area (Å²) >= 11 is 6.48. The van der Waals surface area contributed by atoms with Gasteiger partial charge in [-0.1, -0.05) is 23.7 Å². The van der Waals surface area contributed by atoms with Crippen LogP contribution in [0.15, 0.2) is 73.0 Å². The summed E-state index contributed by atoms with van der Waals surface area (Å²) in [6.07, 6.45) is 2.46. The number of ether oxygens (including phenoxy) is 2. The number of pyridine rings is 2. The lowest BCUT2D eigenvalue weighted by atomic mass is 10.0. The van der Waals surface area contributed by atoms with Crippen molar-refractivity contribution in [3.8, 4) is 17.6 Å². The molecule has 0 amide bonds. The number of aromatic nitrogens is 2. The van der Waals surface area contributed by atoms with Gasteiger partial charge in [0.25, 0.3) is 0 Å². The first kappa shape index (κ1) is 21.4. The molecule has 4 aromatic rings. The Kier molecular flexibility index (Phi) is 7.25. The predicted molar refractivity (Wildman–Crippen MR) is 157 cm³/mol. The van der Waals surface area contributed by atoms with E-state index >= 15 is 0 Å². The van der Waals surface area contributed by atoms with Crippen molar-refractivity contribution in [2.24, 2.45) is 0 Å². The second-order valence-electron chi connectivity index (χ2n) is 8.61. The average Bonchev–Trinajstić information content (AvgIpc) is 3.02. The molecule has 0 spiro atoms. The summed E-state index contributed by atoms with van der Waals surface area (Å²) in [6, 6.07) is 13.1. The lowest BCUT2D eigenvalue weighted by Crippen LogP contribution is -2.11. The zero-order valence-electron chi connectivity index (χ0n) is 28.1. The van der Waals surface area contributed by atoms with E-state index in [4.69, 9.17) is 29.3 Å². The topological polar surface area (TPSA) is 100 Å². The van der Waals surface area contributed by atoms with Crippen molar-refractivity contribution in [2.45, 2.75) is 19.9 Å². The van der Waals surface area contributed by atoms with Crippen LogP contribution in [0, 0.1) is 11.3 Å². The van der Waals surface area contributed by atoms with Gasteiger partial charge in [-0.25, -0.2) is 0 Å². The Morgan fingerprint density at radius 3 is 2.75 bits per heavy atom. The number of carbonyl (C=O) groups is 1. The number of nitriles is 1. The maximum absolute atomic E-state index is 13.1. The van der Waals surface area contributed by atoms with Crippen molar-refractivity contribution in [3.05, 3.63) is 94.9 Å². The van der Waals surface area contributed by atoms with E-state index in [0.717, 1.165) is 4.90 Å². The number of benzene rings is 2. The number of halogens is 1. The quantitative estimate of drug-likeness (QED) is 0.207. The molecule has 40 heavy (non-hydrogen) atoms. The number of allylic oxidation sites excluding steroid dienone is 1. The zero-order chi connectivity index (χ0) is 33.8. The van der Waals surface area contributed by atoms with Crippen molar-refractivity contribution >= 4 is 39.7 Å². The standard InChI is InChI=1S/C31H30ClN5O3/c1-4-39-30-17-28-26(15-21(30)14-25(38)9-7-13-37(2)3)31(22(18-33)19-35-28)36-23-10-11-29(27(32)16-23)40-20-24-8-5-6-12-34-24/h5-12,15-17,19H,4,13-14,20H2,1-3H3,(H,35,36)/b9-7+/i7D,9D,13D2,20D2. The smallest absolute Gasteiger partial charge is 0.159 e. The molecule has 0 saturated heterocycles. The molecular weight excluding hydrogens is 526 g/mol. The van der Waals surface area contributed by atoms with Gasteiger partial charge in [0.05, 0.1) is 39.6 Å². The number of likely N-dealkylation sites (N-methyl/N-ethyl adjacent to an activating group) is 1. The molecule has 0 atom stereocenters. The molecule has 0 aliphatic heterocycles. The van der Waals surface area contributed by atoms with Crippen LogP contribution in [0.4, 0.5) is 11.4 Å². The van der Waals surface area contributed by atoms with Crippen LogP contribution in [0.1, 0.15) is 32.0 Å². The molecule has 0 aliphatic carbocycles. The molecule has 2 aromatic heterocycles. The molecular formula is C31H30ClN5O3. The van der Waals surface area contributed by atoms with E-state index in [2.05, 4.69) is 21.4 Å². The lowest BCUT2D eigenvalue weighted by molar-refractivity contribution is -0.114. The SMILES string of the molecule is [2H]/C(C(=O)Cc1cc2c(Nc3ccc(OC([2H])([2H])c4ccccn4)c(Cl)c3)c(C#N)cnc2cc1OCC)=C(/[2H])C([2H])([2H])N(C)C. The highest BCUT2D eigenvalue weighted by Gasteiger charge is 2.16. The average molecular weight is 562 g/mol. The summed E-state index contributed by atoms with van der Waals surface area (Å²) in [6.45, 7) is -2.57. The fourth-order valence-electron chi connectivity index (χ4n) is 3.67. The fourth-order valence-corrected chi connectivity index (χ4v) is 3.89. The van der Waals surface area contributed by atoms with Crippen LogP contribution in [0.2, 0.25) is 5.02 Å². The normalized spacial score (nSPS) is 14.5. The molecule has 8 nitrogen and oxygen atoms in total. The summed E-state index contributed by atoms with van der Waals surface area (Å²) in [5.41, 5.74) is 1.80. The number of ketones is 1. The Morgan fingerprint density at radius 1 is 1.20 bits per heavy atom. The maximum Gasteiger partial charge on any atom is 0.159 e. The third kappa shape index (κ3) is 7.35. The molecule has 2 aromatic carbocycles. The summed E-state index contributed by atoms with van der Waals surface area (Å²) < 4.78 is 60.3. The van der Waals surface area contributed by atoms with Crippen LogP contribution < -0.4 is 14.8 Å². The number of fused-ring (bicyclic) bond motifs is 1. The Bertz CT molecular complexity index is 1850. The highest BCUT2D eigenvalue weighted by atomic mass is 35.5. The van der Waals surface area contributed by atoms with Crippen molar-refractivity contribution < 1.29 is 22.5 Å². The third-order valence-electron chi connectivity index (χ3n) is 5.43. The number of rotatable bonds is 12. The number of anilines is 2. The van der Waals surface area contributed by atoms with E-state index in [1.54, 1.807) is 37.3 Å². The number of nitrogens with zero attached hydrogens (tertiary/aromatic N) is 4. The third-order valence-corrected chi connectivity index (χ3v) is 5.73. The first-order chi connectivity index (χ1) is 21.7. The molecule has 0 unspecified atom stereocenters. The summed E-state index contributed by atoms with van der Waals surface area (Å²) in [5.74, 6) is -0.409. The number of carbonyl (C=O) groups excluding carboxylic acids is 1. The molecule has 0 radical (unpaired) electrons. The molecule has 1 N–H and O–H groups in total.